The number of hydrogen-bond donors (Lipinski definition) is 1. The average molecular weight is 470 g/mol. The normalized spacial score (nSPS) is 20.4. The molecule has 1 saturated heterocycles. The van der Waals surface area contributed by atoms with Crippen LogP contribution in [-0.4, -0.2) is 40.5 Å². The van der Waals surface area contributed by atoms with Crippen molar-refractivity contribution in [3.63, 3.8) is 0 Å². The number of aryl methyl sites for hydroxylation is 1. The predicted octanol–water partition coefficient (Wildman–Crippen LogP) is 3.96. The molecule has 1 aliphatic heterocycles. The number of carbonyl (C=O) groups excluding carboxylic acids is 1. The van der Waals surface area contributed by atoms with Gasteiger partial charge in [-0.05, 0) is 55.7 Å². The van der Waals surface area contributed by atoms with Gasteiger partial charge in [-0.15, -0.1) is 11.3 Å². The Bertz CT molecular complexity index is 1180. The lowest BCUT2D eigenvalue weighted by atomic mass is 9.89. The van der Waals surface area contributed by atoms with Crippen LogP contribution in [0.4, 0.5) is 0 Å². The SMILES string of the molecule is C[C@H]1CCc2c(sc3nc(SCC(=O)NC[C@H]4CCCO4)n(-c4ccccc4)c(=O)c23)C1. The fourth-order valence-corrected chi connectivity index (χ4v) is 6.75. The van der Waals surface area contributed by atoms with E-state index in [-0.39, 0.29) is 23.3 Å². The van der Waals surface area contributed by atoms with Gasteiger partial charge in [0.2, 0.25) is 5.91 Å². The third-order valence-corrected chi connectivity index (χ3v) is 8.28. The van der Waals surface area contributed by atoms with Crippen LogP contribution in [0, 0.1) is 5.92 Å². The highest BCUT2D eigenvalue weighted by atomic mass is 32.2. The first-order valence-corrected chi connectivity index (χ1v) is 13.0. The molecule has 1 amide bonds. The standard InChI is InChI=1S/C24H27N3O3S2/c1-15-9-10-18-19(12-15)32-22-21(18)23(29)27(16-6-3-2-4-7-16)24(26-22)31-14-20(28)25-13-17-8-5-11-30-17/h2-4,6-7,15,17H,5,8-14H2,1H3,(H,25,28)/t15-,17+/m0/s1. The molecule has 1 fully saturated rings. The molecule has 1 aliphatic carbocycles. The number of nitrogens with zero attached hydrogens (tertiary/aromatic N) is 2. The molecule has 8 heteroatoms. The fourth-order valence-electron chi connectivity index (χ4n) is 4.49. The molecule has 0 unspecified atom stereocenters. The van der Waals surface area contributed by atoms with E-state index in [4.69, 9.17) is 9.72 Å². The molecule has 0 radical (unpaired) electrons. The first-order chi connectivity index (χ1) is 15.6. The molecule has 2 aromatic heterocycles. The number of thioether (sulfide) groups is 1. The zero-order valence-electron chi connectivity index (χ0n) is 18.1. The fraction of sp³-hybridized carbons (Fsp3) is 0.458. The Morgan fingerprint density at radius 2 is 2.16 bits per heavy atom. The first-order valence-electron chi connectivity index (χ1n) is 11.2. The summed E-state index contributed by atoms with van der Waals surface area (Å²) in [5.74, 6) is 0.770. The van der Waals surface area contributed by atoms with E-state index in [1.54, 1.807) is 15.9 Å². The van der Waals surface area contributed by atoms with Crippen molar-refractivity contribution < 1.29 is 9.53 Å². The average Bonchev–Trinajstić information content (AvgIpc) is 3.44. The second-order valence-corrected chi connectivity index (χ2v) is 10.7. The number of rotatable bonds is 6. The second kappa shape index (κ2) is 9.37. The summed E-state index contributed by atoms with van der Waals surface area (Å²) in [5, 5.41) is 4.27. The molecular weight excluding hydrogens is 442 g/mol. The Kier molecular flexibility index (Phi) is 6.35. The van der Waals surface area contributed by atoms with Crippen LogP contribution in [0.15, 0.2) is 40.3 Å². The van der Waals surface area contributed by atoms with Gasteiger partial charge in [0.05, 0.1) is 22.9 Å². The van der Waals surface area contributed by atoms with Gasteiger partial charge in [0, 0.05) is 18.0 Å². The molecule has 32 heavy (non-hydrogen) atoms. The topological polar surface area (TPSA) is 73.2 Å². The Morgan fingerprint density at radius 1 is 1.31 bits per heavy atom. The van der Waals surface area contributed by atoms with E-state index in [9.17, 15) is 9.59 Å². The number of carbonyl (C=O) groups is 1. The minimum absolute atomic E-state index is 0.0319. The summed E-state index contributed by atoms with van der Waals surface area (Å²) in [6.07, 6.45) is 5.19. The van der Waals surface area contributed by atoms with Crippen LogP contribution < -0.4 is 10.9 Å². The van der Waals surface area contributed by atoms with Gasteiger partial charge in [-0.25, -0.2) is 4.98 Å². The summed E-state index contributed by atoms with van der Waals surface area (Å²) in [6, 6.07) is 9.59. The smallest absolute Gasteiger partial charge is 0.267 e. The number of para-hydroxylation sites is 1. The van der Waals surface area contributed by atoms with Crippen molar-refractivity contribution in [1.29, 1.82) is 0 Å². The van der Waals surface area contributed by atoms with E-state index in [0.29, 0.717) is 17.6 Å². The lowest BCUT2D eigenvalue weighted by Crippen LogP contribution is -2.33. The van der Waals surface area contributed by atoms with Crippen molar-refractivity contribution in [2.75, 3.05) is 18.9 Å². The number of aromatic nitrogens is 2. The lowest BCUT2D eigenvalue weighted by molar-refractivity contribution is -0.119. The van der Waals surface area contributed by atoms with Crippen LogP contribution in [0.25, 0.3) is 15.9 Å². The van der Waals surface area contributed by atoms with E-state index in [0.717, 1.165) is 54.6 Å². The monoisotopic (exact) mass is 469 g/mol. The largest absolute Gasteiger partial charge is 0.376 e. The molecule has 5 rings (SSSR count). The molecule has 3 aromatic rings. The van der Waals surface area contributed by atoms with Crippen LogP contribution in [0.3, 0.4) is 0 Å². The molecule has 168 valence electrons. The number of thiophene rings is 1. The van der Waals surface area contributed by atoms with Crippen molar-refractivity contribution in [2.24, 2.45) is 5.92 Å². The molecule has 0 saturated carbocycles. The number of ether oxygens (including phenoxy) is 1. The molecule has 0 bridgehead atoms. The lowest BCUT2D eigenvalue weighted by Gasteiger charge is -2.18. The zero-order valence-corrected chi connectivity index (χ0v) is 19.8. The van der Waals surface area contributed by atoms with Gasteiger partial charge in [0.25, 0.3) is 5.56 Å². The van der Waals surface area contributed by atoms with Gasteiger partial charge in [-0.3, -0.25) is 14.2 Å². The number of hydrogen-bond acceptors (Lipinski definition) is 6. The van der Waals surface area contributed by atoms with Crippen molar-refractivity contribution >= 4 is 39.2 Å². The maximum Gasteiger partial charge on any atom is 0.267 e. The summed E-state index contributed by atoms with van der Waals surface area (Å²) >= 11 is 2.96. The Morgan fingerprint density at radius 3 is 2.94 bits per heavy atom. The molecule has 1 N–H and O–H groups in total. The highest BCUT2D eigenvalue weighted by Gasteiger charge is 2.25. The second-order valence-electron chi connectivity index (χ2n) is 8.63. The Hall–Kier alpha value is -2.16. The third kappa shape index (κ3) is 4.36. The number of amides is 1. The van der Waals surface area contributed by atoms with Gasteiger partial charge in [-0.1, -0.05) is 36.9 Å². The minimum Gasteiger partial charge on any atom is -0.376 e. The summed E-state index contributed by atoms with van der Waals surface area (Å²) in [6.45, 7) is 3.57. The summed E-state index contributed by atoms with van der Waals surface area (Å²) in [7, 11) is 0. The zero-order chi connectivity index (χ0) is 22.1. The van der Waals surface area contributed by atoms with Crippen molar-refractivity contribution in [3.8, 4) is 5.69 Å². The quantitative estimate of drug-likeness (QED) is 0.437. The molecule has 2 aliphatic rings. The highest BCUT2D eigenvalue weighted by molar-refractivity contribution is 7.99. The highest BCUT2D eigenvalue weighted by Crippen LogP contribution is 2.37. The van der Waals surface area contributed by atoms with Crippen LogP contribution in [0.2, 0.25) is 0 Å². The summed E-state index contributed by atoms with van der Waals surface area (Å²) < 4.78 is 7.25. The molecule has 3 heterocycles. The van der Waals surface area contributed by atoms with E-state index < -0.39 is 0 Å². The van der Waals surface area contributed by atoms with Gasteiger partial charge >= 0.3 is 0 Å². The number of fused-ring (bicyclic) bond motifs is 3. The molecule has 6 nitrogen and oxygen atoms in total. The van der Waals surface area contributed by atoms with E-state index in [1.165, 1.54) is 22.2 Å². The predicted molar refractivity (Wildman–Crippen MR) is 129 cm³/mol. The van der Waals surface area contributed by atoms with Crippen molar-refractivity contribution in [1.82, 2.24) is 14.9 Å². The Labute approximate surface area is 195 Å². The van der Waals surface area contributed by atoms with E-state index in [1.807, 2.05) is 30.3 Å². The molecule has 1 aromatic carbocycles. The molecule has 2 atom stereocenters. The first kappa shape index (κ1) is 21.7. The van der Waals surface area contributed by atoms with Crippen molar-refractivity contribution in [2.45, 2.75) is 50.3 Å². The Balaban J connectivity index is 1.46. The summed E-state index contributed by atoms with van der Waals surface area (Å²) in [5.41, 5.74) is 1.92. The maximum absolute atomic E-state index is 13.7. The van der Waals surface area contributed by atoms with E-state index in [2.05, 4.69) is 12.2 Å². The van der Waals surface area contributed by atoms with Crippen LogP contribution >= 0.6 is 23.1 Å². The van der Waals surface area contributed by atoms with Gasteiger partial charge in [0.15, 0.2) is 5.16 Å². The van der Waals surface area contributed by atoms with Crippen LogP contribution in [0.5, 0.6) is 0 Å². The van der Waals surface area contributed by atoms with Crippen LogP contribution in [0.1, 0.15) is 36.6 Å². The molecule has 0 spiro atoms. The molecular formula is C24H27N3O3S2. The minimum atomic E-state index is -0.0706. The van der Waals surface area contributed by atoms with Gasteiger partial charge < -0.3 is 10.1 Å². The maximum atomic E-state index is 13.7. The van der Waals surface area contributed by atoms with Crippen molar-refractivity contribution in [3.05, 3.63) is 51.1 Å². The number of nitrogens with one attached hydrogen (secondary N) is 1. The van der Waals surface area contributed by atoms with E-state index >= 15 is 0 Å². The third-order valence-electron chi connectivity index (χ3n) is 6.20. The summed E-state index contributed by atoms with van der Waals surface area (Å²) in [4.78, 5) is 33.2. The van der Waals surface area contributed by atoms with Gasteiger partial charge in [-0.2, -0.15) is 0 Å². The van der Waals surface area contributed by atoms with Crippen LogP contribution in [-0.2, 0) is 22.4 Å². The van der Waals surface area contributed by atoms with Gasteiger partial charge in [0.1, 0.15) is 4.83 Å². The number of benzene rings is 1.